The highest BCUT2D eigenvalue weighted by Crippen LogP contribution is 2.53. The van der Waals surface area contributed by atoms with Crippen LogP contribution in [0.4, 0.5) is 0 Å². The third-order valence-corrected chi connectivity index (χ3v) is 11.9. The molecule has 0 N–H and O–H groups in total. The molecule has 2 nitrogen and oxygen atoms in total. The van der Waals surface area contributed by atoms with Gasteiger partial charge < -0.3 is 4.57 Å². The fourth-order valence-electron chi connectivity index (χ4n) is 8.54. The third kappa shape index (κ3) is 3.27. The summed E-state index contributed by atoms with van der Waals surface area (Å²) in [4.78, 5) is 6.56. The molecule has 47 heavy (non-hydrogen) atoms. The molecule has 2 aliphatic carbocycles. The first-order valence-electron chi connectivity index (χ1n) is 16.3. The topological polar surface area (TPSA) is 17.8 Å². The van der Waals surface area contributed by atoms with Crippen LogP contribution in [0.5, 0.6) is 0 Å². The van der Waals surface area contributed by atoms with Gasteiger partial charge in [-0.25, -0.2) is 4.98 Å². The third-order valence-electron chi connectivity index (χ3n) is 10.8. The van der Waals surface area contributed by atoms with E-state index in [0.717, 1.165) is 16.3 Å². The average molecular weight is 617 g/mol. The number of para-hydroxylation sites is 1. The fourth-order valence-corrected chi connectivity index (χ4v) is 9.66. The molecule has 0 spiro atoms. The molecule has 7 aromatic carbocycles. The van der Waals surface area contributed by atoms with E-state index in [-0.39, 0.29) is 5.41 Å². The summed E-state index contributed by atoms with van der Waals surface area (Å²) in [7, 11) is 0. The molecule has 2 aromatic heterocycles. The van der Waals surface area contributed by atoms with Crippen LogP contribution in [0.25, 0.3) is 92.4 Å². The minimum absolute atomic E-state index is 0.0499. The van der Waals surface area contributed by atoms with E-state index in [4.69, 9.17) is 4.98 Å². The van der Waals surface area contributed by atoms with Gasteiger partial charge in [-0.2, -0.15) is 0 Å². The Hall–Kier alpha value is -5.51. The van der Waals surface area contributed by atoms with Gasteiger partial charge in [-0.05, 0) is 86.9 Å². The van der Waals surface area contributed by atoms with Gasteiger partial charge in [-0.3, -0.25) is 0 Å². The van der Waals surface area contributed by atoms with Crippen molar-refractivity contribution in [2.75, 3.05) is 0 Å². The molecule has 0 bridgehead atoms. The van der Waals surface area contributed by atoms with Crippen LogP contribution in [0.15, 0.2) is 133 Å². The van der Waals surface area contributed by atoms with Crippen LogP contribution in [0.2, 0.25) is 0 Å². The van der Waals surface area contributed by atoms with Crippen LogP contribution in [-0.4, -0.2) is 9.55 Å². The highest BCUT2D eigenvalue weighted by molar-refractivity contribution is 7.19. The largest absolute Gasteiger partial charge is 0.309 e. The Morgan fingerprint density at radius 2 is 1.30 bits per heavy atom. The number of thiazole rings is 1. The molecule has 3 heteroatoms. The lowest BCUT2D eigenvalue weighted by atomic mass is 9.82. The molecule has 0 radical (unpaired) electrons. The normalized spacial score (nSPS) is 13.9. The molecular formula is C44H28N2S. The number of fused-ring (bicyclic) bond motifs is 11. The first kappa shape index (κ1) is 25.7. The van der Waals surface area contributed by atoms with E-state index in [1.807, 2.05) is 11.3 Å². The van der Waals surface area contributed by atoms with Crippen LogP contribution >= 0.6 is 11.3 Å². The molecule has 220 valence electrons. The molecule has 2 heterocycles. The molecule has 0 saturated carbocycles. The van der Waals surface area contributed by atoms with E-state index in [2.05, 4.69) is 152 Å². The standard InChI is InChI=1S/C44H28N2S/c1-44(2)36-16-7-5-12-29(36)33-23-34-30-13-6-8-17-38(30)46(39(34)24-37(33)44)27-20-18-25(19-21-27)43-45-41-35-22-26-10-3-4-11-28(26)31-14-9-15-32(40(31)35)42(41)47-43/h3-24H,1-2H3. The maximum absolute atomic E-state index is 5.29. The summed E-state index contributed by atoms with van der Waals surface area (Å²) < 4.78 is 2.44. The minimum atomic E-state index is -0.0499. The first-order valence-corrected chi connectivity index (χ1v) is 17.1. The Labute approximate surface area is 276 Å². The van der Waals surface area contributed by atoms with Crippen molar-refractivity contribution in [3.63, 3.8) is 0 Å². The van der Waals surface area contributed by atoms with Crippen molar-refractivity contribution in [3.8, 4) is 49.1 Å². The Morgan fingerprint density at radius 3 is 2.19 bits per heavy atom. The van der Waals surface area contributed by atoms with E-state index < -0.39 is 0 Å². The maximum Gasteiger partial charge on any atom is 0.124 e. The highest BCUT2D eigenvalue weighted by atomic mass is 32.1. The van der Waals surface area contributed by atoms with Gasteiger partial charge in [0, 0.05) is 44.0 Å². The van der Waals surface area contributed by atoms with Crippen LogP contribution in [0, 0.1) is 0 Å². The second-order valence-corrected chi connectivity index (χ2v) is 14.6. The predicted molar refractivity (Wildman–Crippen MR) is 199 cm³/mol. The molecule has 0 amide bonds. The summed E-state index contributed by atoms with van der Waals surface area (Å²) in [6.45, 7) is 4.72. The van der Waals surface area contributed by atoms with Gasteiger partial charge in [0.2, 0.25) is 0 Å². The molecule has 0 unspecified atom stereocenters. The van der Waals surface area contributed by atoms with E-state index in [0.29, 0.717) is 0 Å². The van der Waals surface area contributed by atoms with E-state index in [1.54, 1.807) is 0 Å². The van der Waals surface area contributed by atoms with Gasteiger partial charge in [-0.1, -0.05) is 98.8 Å². The lowest BCUT2D eigenvalue weighted by Gasteiger charge is -2.21. The van der Waals surface area contributed by atoms with Gasteiger partial charge in [0.15, 0.2) is 0 Å². The molecule has 0 saturated heterocycles. The minimum Gasteiger partial charge on any atom is -0.309 e. The van der Waals surface area contributed by atoms with Gasteiger partial charge in [0.25, 0.3) is 0 Å². The van der Waals surface area contributed by atoms with Gasteiger partial charge in [-0.15, -0.1) is 11.3 Å². The predicted octanol–water partition coefficient (Wildman–Crippen LogP) is 12.2. The summed E-state index contributed by atoms with van der Waals surface area (Å²) in [6, 6.07) is 49.4. The van der Waals surface area contributed by atoms with Crippen molar-refractivity contribution in [2.24, 2.45) is 0 Å². The lowest BCUT2D eigenvalue weighted by molar-refractivity contribution is 0.661. The Bertz CT molecular complexity index is 2810. The second kappa shape index (κ2) is 8.85. The second-order valence-electron chi connectivity index (χ2n) is 13.6. The van der Waals surface area contributed by atoms with Crippen LogP contribution in [0.1, 0.15) is 25.0 Å². The molecular weight excluding hydrogens is 589 g/mol. The molecule has 9 aromatic rings. The zero-order chi connectivity index (χ0) is 31.0. The van der Waals surface area contributed by atoms with Crippen molar-refractivity contribution in [3.05, 3.63) is 145 Å². The maximum atomic E-state index is 5.29. The van der Waals surface area contributed by atoms with E-state index in [1.165, 1.54) is 87.3 Å². The highest BCUT2D eigenvalue weighted by Gasteiger charge is 2.36. The molecule has 11 rings (SSSR count). The molecule has 0 aliphatic heterocycles. The van der Waals surface area contributed by atoms with E-state index >= 15 is 0 Å². The number of hydrogen-bond donors (Lipinski definition) is 0. The molecule has 0 atom stereocenters. The zero-order valence-corrected chi connectivity index (χ0v) is 26.8. The van der Waals surface area contributed by atoms with E-state index in [9.17, 15) is 0 Å². The first-order chi connectivity index (χ1) is 23.1. The van der Waals surface area contributed by atoms with Crippen molar-refractivity contribution >= 4 is 54.7 Å². The number of nitrogens with zero attached hydrogens (tertiary/aromatic N) is 2. The summed E-state index contributed by atoms with van der Waals surface area (Å²) in [5.74, 6) is 0. The summed E-state index contributed by atoms with van der Waals surface area (Å²) >= 11 is 1.81. The summed E-state index contributed by atoms with van der Waals surface area (Å²) in [5, 5.41) is 8.88. The quantitative estimate of drug-likeness (QED) is 0.177. The van der Waals surface area contributed by atoms with Crippen molar-refractivity contribution in [2.45, 2.75) is 19.3 Å². The smallest absolute Gasteiger partial charge is 0.124 e. The fraction of sp³-hybridized carbons (Fsp3) is 0.0682. The van der Waals surface area contributed by atoms with Crippen molar-refractivity contribution in [1.29, 1.82) is 0 Å². The number of aromatic nitrogens is 2. The average Bonchev–Trinajstić information content (AvgIpc) is 3.83. The van der Waals surface area contributed by atoms with Crippen LogP contribution in [-0.2, 0) is 5.41 Å². The summed E-state index contributed by atoms with van der Waals surface area (Å²) in [6.07, 6.45) is 0. The zero-order valence-electron chi connectivity index (χ0n) is 26.0. The molecule has 0 fully saturated rings. The van der Waals surface area contributed by atoms with Crippen molar-refractivity contribution < 1.29 is 0 Å². The number of rotatable bonds is 2. The van der Waals surface area contributed by atoms with Gasteiger partial charge >= 0.3 is 0 Å². The van der Waals surface area contributed by atoms with Crippen LogP contribution < -0.4 is 0 Å². The summed E-state index contributed by atoms with van der Waals surface area (Å²) in [5.41, 5.74) is 14.0. The lowest BCUT2D eigenvalue weighted by Crippen LogP contribution is -2.14. The molecule has 2 aliphatic rings. The van der Waals surface area contributed by atoms with Gasteiger partial charge in [0.05, 0.1) is 21.6 Å². The Morgan fingerprint density at radius 1 is 0.553 bits per heavy atom. The Balaban J connectivity index is 1.05. The monoisotopic (exact) mass is 616 g/mol. The number of hydrogen-bond acceptors (Lipinski definition) is 2. The van der Waals surface area contributed by atoms with Crippen molar-refractivity contribution in [1.82, 2.24) is 9.55 Å². The Kier molecular flexibility index (Phi) is 4.83. The number of benzene rings is 7. The van der Waals surface area contributed by atoms with Crippen LogP contribution in [0.3, 0.4) is 0 Å². The van der Waals surface area contributed by atoms with Gasteiger partial charge in [0.1, 0.15) is 5.01 Å². The SMILES string of the molecule is CC1(C)c2ccccc2-c2cc3c4ccccc4n(-c4ccc(-c5nc6c(s5)-c5cccc7c5c-6cc5ccccc57)cc4)c3cc21.